The van der Waals surface area contributed by atoms with Gasteiger partial charge < -0.3 is 10.5 Å². The number of methoxy groups -OCH3 is 1. The number of hydrogen-bond acceptors (Lipinski definition) is 4. The lowest BCUT2D eigenvalue weighted by Gasteiger charge is -2.12. The van der Waals surface area contributed by atoms with Crippen LogP contribution in [-0.4, -0.2) is 15.5 Å². The molecule has 7 heteroatoms. The number of ether oxygens (including phenoxy) is 1. The summed E-state index contributed by atoms with van der Waals surface area (Å²) >= 11 is 0. The van der Waals surface area contributed by atoms with E-state index in [4.69, 9.17) is 10.5 Å². The second kappa shape index (κ2) is 5.61. The van der Waals surface area contributed by atoms with Crippen molar-refractivity contribution < 1.29 is 17.5 Å². The number of nitrogen functional groups attached to an aromatic ring is 1. The molecule has 0 aliphatic carbocycles. The Morgan fingerprint density at radius 3 is 2.52 bits per heavy atom. The minimum absolute atomic E-state index is 0.173. The largest absolute Gasteiger partial charge is 0.497 e. The van der Waals surface area contributed by atoms with Crippen molar-refractivity contribution in [1.82, 2.24) is 0 Å². The summed E-state index contributed by atoms with van der Waals surface area (Å²) in [5.74, 6) is -0.131. The average molecular weight is 310 g/mol. The minimum atomic E-state index is -3.93. The zero-order chi connectivity index (χ0) is 15.6. The van der Waals surface area contributed by atoms with Gasteiger partial charge in [0.15, 0.2) is 0 Å². The molecule has 0 aromatic heterocycles. The van der Waals surface area contributed by atoms with Crippen LogP contribution in [0.4, 0.5) is 15.8 Å². The predicted octanol–water partition coefficient (Wildman–Crippen LogP) is 2.53. The third-order valence-corrected chi connectivity index (χ3v) is 4.32. The van der Waals surface area contributed by atoms with Gasteiger partial charge in [0.1, 0.15) is 11.6 Å². The van der Waals surface area contributed by atoms with Gasteiger partial charge in [0.05, 0.1) is 23.4 Å². The lowest BCUT2D eigenvalue weighted by Crippen LogP contribution is -2.14. The van der Waals surface area contributed by atoms with Crippen molar-refractivity contribution in [2.75, 3.05) is 17.6 Å². The fourth-order valence-electron chi connectivity index (χ4n) is 1.70. The number of nitrogens with one attached hydrogen (secondary N) is 1. The predicted molar refractivity (Wildman–Crippen MR) is 79.4 cm³/mol. The van der Waals surface area contributed by atoms with E-state index in [9.17, 15) is 12.8 Å². The van der Waals surface area contributed by atoms with Crippen LogP contribution in [0.25, 0.3) is 0 Å². The number of nitrogens with two attached hydrogens (primary N) is 1. The number of rotatable bonds is 4. The van der Waals surface area contributed by atoms with Crippen LogP contribution in [0.1, 0.15) is 5.56 Å². The van der Waals surface area contributed by atoms with Gasteiger partial charge in [-0.3, -0.25) is 4.72 Å². The van der Waals surface area contributed by atoms with E-state index in [-0.39, 0.29) is 16.3 Å². The summed E-state index contributed by atoms with van der Waals surface area (Å²) in [7, 11) is -2.47. The second-order valence-electron chi connectivity index (χ2n) is 4.47. The fourth-order valence-corrected chi connectivity index (χ4v) is 2.79. The van der Waals surface area contributed by atoms with E-state index < -0.39 is 15.8 Å². The second-order valence-corrected chi connectivity index (χ2v) is 6.15. The number of sulfonamides is 1. The SMILES string of the molecule is COc1ccc(N)c(NS(=O)(=O)c2ccc(C)c(F)c2)c1. The molecule has 2 rings (SSSR count). The molecule has 0 saturated heterocycles. The Morgan fingerprint density at radius 2 is 1.90 bits per heavy atom. The fraction of sp³-hybridized carbons (Fsp3) is 0.143. The highest BCUT2D eigenvalue weighted by atomic mass is 32.2. The maximum atomic E-state index is 13.5. The van der Waals surface area contributed by atoms with Gasteiger partial charge in [-0.05, 0) is 36.8 Å². The molecule has 0 spiro atoms. The molecule has 112 valence electrons. The number of aryl methyl sites for hydroxylation is 1. The molecule has 0 aliphatic rings. The van der Waals surface area contributed by atoms with Crippen molar-refractivity contribution in [2.24, 2.45) is 0 Å². The monoisotopic (exact) mass is 310 g/mol. The Balaban J connectivity index is 2.39. The van der Waals surface area contributed by atoms with Crippen LogP contribution in [0.2, 0.25) is 0 Å². The molecule has 0 saturated carbocycles. The van der Waals surface area contributed by atoms with Crippen molar-refractivity contribution in [1.29, 1.82) is 0 Å². The Labute approximate surface area is 122 Å². The van der Waals surface area contributed by atoms with Crippen LogP contribution in [0.15, 0.2) is 41.3 Å². The van der Waals surface area contributed by atoms with E-state index in [1.807, 2.05) is 0 Å². The first-order chi connectivity index (χ1) is 9.83. The topological polar surface area (TPSA) is 81.4 Å². The summed E-state index contributed by atoms with van der Waals surface area (Å²) < 4.78 is 45.3. The molecule has 21 heavy (non-hydrogen) atoms. The summed E-state index contributed by atoms with van der Waals surface area (Å²) in [6, 6.07) is 8.28. The normalized spacial score (nSPS) is 11.2. The first-order valence-electron chi connectivity index (χ1n) is 6.06. The summed E-state index contributed by atoms with van der Waals surface area (Å²) in [6.07, 6.45) is 0. The first-order valence-corrected chi connectivity index (χ1v) is 7.54. The molecule has 0 amide bonds. The van der Waals surface area contributed by atoms with Crippen molar-refractivity contribution >= 4 is 21.4 Å². The maximum absolute atomic E-state index is 13.5. The smallest absolute Gasteiger partial charge is 0.262 e. The quantitative estimate of drug-likeness (QED) is 0.850. The Kier molecular flexibility index (Phi) is 4.04. The molecule has 2 aromatic rings. The van der Waals surface area contributed by atoms with E-state index in [2.05, 4.69) is 4.72 Å². The van der Waals surface area contributed by atoms with Crippen LogP contribution in [0.3, 0.4) is 0 Å². The Morgan fingerprint density at radius 1 is 1.19 bits per heavy atom. The standard InChI is InChI=1S/C14H15FN2O3S/c1-9-3-5-11(8-12(9)15)21(18,19)17-14-7-10(20-2)4-6-13(14)16/h3-8,17H,16H2,1-2H3. The maximum Gasteiger partial charge on any atom is 0.262 e. The lowest BCUT2D eigenvalue weighted by atomic mass is 10.2. The molecule has 5 nitrogen and oxygen atoms in total. The lowest BCUT2D eigenvalue weighted by molar-refractivity contribution is 0.415. The molecule has 0 fully saturated rings. The van der Waals surface area contributed by atoms with Gasteiger partial charge in [-0.1, -0.05) is 6.07 Å². The Bertz CT molecular complexity index is 776. The van der Waals surface area contributed by atoms with E-state index in [0.29, 0.717) is 11.3 Å². The van der Waals surface area contributed by atoms with Crippen LogP contribution in [0.5, 0.6) is 5.75 Å². The van der Waals surface area contributed by atoms with Crippen molar-refractivity contribution in [3.8, 4) is 5.75 Å². The molecule has 0 unspecified atom stereocenters. The Hall–Kier alpha value is -2.28. The van der Waals surface area contributed by atoms with Crippen LogP contribution >= 0.6 is 0 Å². The van der Waals surface area contributed by atoms with Crippen LogP contribution in [-0.2, 0) is 10.0 Å². The molecular formula is C14H15FN2O3S. The highest BCUT2D eigenvalue weighted by Gasteiger charge is 2.17. The van der Waals surface area contributed by atoms with Crippen LogP contribution < -0.4 is 15.2 Å². The van der Waals surface area contributed by atoms with Gasteiger partial charge in [-0.15, -0.1) is 0 Å². The molecule has 3 N–H and O–H groups in total. The van der Waals surface area contributed by atoms with Crippen molar-refractivity contribution in [3.05, 3.63) is 47.8 Å². The highest BCUT2D eigenvalue weighted by molar-refractivity contribution is 7.92. The number of halogens is 1. The average Bonchev–Trinajstić information content (AvgIpc) is 2.44. The van der Waals surface area contributed by atoms with Gasteiger partial charge in [-0.25, -0.2) is 12.8 Å². The summed E-state index contributed by atoms with van der Waals surface area (Å²) in [5.41, 5.74) is 6.52. The number of hydrogen-bond donors (Lipinski definition) is 2. The van der Waals surface area contributed by atoms with Crippen LogP contribution in [0, 0.1) is 12.7 Å². The van der Waals surface area contributed by atoms with Gasteiger partial charge in [-0.2, -0.15) is 0 Å². The van der Waals surface area contributed by atoms with Gasteiger partial charge in [0.25, 0.3) is 10.0 Å². The zero-order valence-electron chi connectivity index (χ0n) is 11.6. The van der Waals surface area contributed by atoms with Crippen molar-refractivity contribution in [3.63, 3.8) is 0 Å². The summed E-state index contributed by atoms with van der Waals surface area (Å²) in [5, 5.41) is 0. The third kappa shape index (κ3) is 3.25. The van der Waals surface area contributed by atoms with E-state index >= 15 is 0 Å². The zero-order valence-corrected chi connectivity index (χ0v) is 12.4. The molecule has 2 aromatic carbocycles. The molecule has 0 bridgehead atoms. The minimum Gasteiger partial charge on any atom is -0.497 e. The number of benzene rings is 2. The third-order valence-electron chi connectivity index (χ3n) is 2.96. The van der Waals surface area contributed by atoms with E-state index in [1.165, 1.54) is 31.4 Å². The molecular weight excluding hydrogens is 295 g/mol. The van der Waals surface area contributed by atoms with Gasteiger partial charge in [0.2, 0.25) is 0 Å². The molecule has 0 heterocycles. The van der Waals surface area contributed by atoms with Gasteiger partial charge in [0, 0.05) is 6.07 Å². The molecule has 0 atom stereocenters. The van der Waals surface area contributed by atoms with E-state index in [0.717, 1.165) is 6.07 Å². The first kappa shape index (κ1) is 15.1. The van der Waals surface area contributed by atoms with E-state index in [1.54, 1.807) is 13.0 Å². The number of anilines is 2. The highest BCUT2D eigenvalue weighted by Crippen LogP contribution is 2.27. The van der Waals surface area contributed by atoms with Crippen molar-refractivity contribution in [2.45, 2.75) is 11.8 Å². The van der Waals surface area contributed by atoms with Gasteiger partial charge >= 0.3 is 0 Å². The molecule has 0 aliphatic heterocycles. The summed E-state index contributed by atoms with van der Waals surface area (Å²) in [4.78, 5) is -0.173. The summed E-state index contributed by atoms with van der Waals surface area (Å²) in [6.45, 7) is 1.55. The molecule has 0 radical (unpaired) electrons.